The molecule has 6 nitrogen and oxygen atoms in total. The van der Waals surface area contributed by atoms with Crippen molar-refractivity contribution in [2.24, 2.45) is 7.05 Å². The first-order valence-electron chi connectivity index (χ1n) is 10.4. The third-order valence-electron chi connectivity index (χ3n) is 5.53. The number of hydrogen-bond acceptors (Lipinski definition) is 4. The molecule has 3 heterocycles. The molecular weight excluding hydrogens is 458 g/mol. The fourth-order valence-electron chi connectivity index (χ4n) is 4.06. The highest BCUT2D eigenvalue weighted by molar-refractivity contribution is 7.89. The Morgan fingerprint density at radius 2 is 1.59 bits per heavy atom. The van der Waals surface area contributed by atoms with Crippen LogP contribution in [-0.2, 0) is 22.6 Å². The van der Waals surface area contributed by atoms with E-state index in [9.17, 15) is 17.2 Å². The normalized spacial score (nSPS) is 11.9. The molecule has 0 aliphatic heterocycles. The van der Waals surface area contributed by atoms with Gasteiger partial charge < -0.3 is 0 Å². The van der Waals surface area contributed by atoms with Gasteiger partial charge in [0.05, 0.1) is 23.7 Å². The predicted octanol–water partition coefficient (Wildman–Crippen LogP) is 4.89. The van der Waals surface area contributed by atoms with Crippen LogP contribution in [0.4, 0.5) is 8.78 Å². The summed E-state index contributed by atoms with van der Waals surface area (Å²) in [7, 11) is -1.49. The van der Waals surface area contributed by atoms with Crippen molar-refractivity contribution in [3.8, 4) is 33.4 Å². The Balaban J connectivity index is 1.65. The average molecular weight is 479 g/mol. The first-order chi connectivity index (χ1) is 16.2. The molecule has 0 saturated heterocycles. The van der Waals surface area contributed by atoms with Gasteiger partial charge in [0.2, 0.25) is 0 Å². The van der Waals surface area contributed by atoms with Gasteiger partial charge in [0.1, 0.15) is 11.6 Å². The fourth-order valence-corrected chi connectivity index (χ4v) is 4.83. The van der Waals surface area contributed by atoms with E-state index < -0.39 is 21.5 Å². The highest BCUT2D eigenvalue weighted by atomic mass is 32.2. The first-order valence-corrected chi connectivity index (χ1v) is 12.5. The van der Waals surface area contributed by atoms with Crippen molar-refractivity contribution in [2.75, 3.05) is 6.26 Å². The quantitative estimate of drug-likeness (QED) is 0.361. The van der Waals surface area contributed by atoms with Gasteiger partial charge in [-0.15, -0.1) is 0 Å². The van der Waals surface area contributed by atoms with E-state index in [1.165, 1.54) is 12.1 Å². The van der Waals surface area contributed by atoms with E-state index in [-0.39, 0.29) is 11.3 Å². The second-order valence-electron chi connectivity index (χ2n) is 8.32. The van der Waals surface area contributed by atoms with Crippen LogP contribution in [0.2, 0.25) is 0 Å². The minimum absolute atomic E-state index is 0.188. The Labute approximate surface area is 195 Å². The van der Waals surface area contributed by atoms with E-state index in [4.69, 9.17) is 0 Å². The summed E-state index contributed by atoms with van der Waals surface area (Å²) in [4.78, 5) is 0. The van der Waals surface area contributed by atoms with Crippen LogP contribution < -0.4 is 0 Å². The molecule has 3 aromatic heterocycles. The highest BCUT2D eigenvalue weighted by Crippen LogP contribution is 2.33. The third-order valence-corrected chi connectivity index (χ3v) is 6.39. The van der Waals surface area contributed by atoms with Gasteiger partial charge in [0.15, 0.2) is 9.84 Å². The SMILES string of the molecule is Cn1cc(-c2ccc3c(-c4cc(CS(C)(=O)=O)cc(-c5ccc(F)cc5F)c4)cnn3c2)cn1. The van der Waals surface area contributed by atoms with Gasteiger partial charge in [-0.25, -0.2) is 21.7 Å². The predicted molar refractivity (Wildman–Crippen MR) is 127 cm³/mol. The van der Waals surface area contributed by atoms with Crippen LogP contribution in [0.15, 0.2) is 73.3 Å². The van der Waals surface area contributed by atoms with E-state index in [2.05, 4.69) is 10.2 Å². The molecule has 34 heavy (non-hydrogen) atoms. The number of pyridine rings is 1. The molecule has 0 bridgehead atoms. The molecule has 0 fully saturated rings. The number of rotatable bonds is 5. The van der Waals surface area contributed by atoms with Crippen molar-refractivity contribution in [2.45, 2.75) is 5.75 Å². The summed E-state index contributed by atoms with van der Waals surface area (Å²) in [6, 6.07) is 12.4. The smallest absolute Gasteiger partial charge is 0.151 e. The number of benzene rings is 2. The monoisotopic (exact) mass is 478 g/mol. The Bertz CT molecular complexity index is 1660. The molecule has 0 aliphatic carbocycles. The molecule has 0 radical (unpaired) electrons. The summed E-state index contributed by atoms with van der Waals surface area (Å²) >= 11 is 0. The lowest BCUT2D eigenvalue weighted by molar-refractivity contribution is 0.585. The van der Waals surface area contributed by atoms with Gasteiger partial charge in [-0.05, 0) is 53.1 Å². The molecule has 5 rings (SSSR count). The standard InChI is InChI=1S/C25H20F2N4O2S/c1-30-13-20(11-28-30)17-3-6-25-23(12-29-31(25)14-17)19-8-16(15-34(2,32)33)7-18(9-19)22-5-4-21(26)10-24(22)27/h3-14H,15H2,1-2H3. The molecule has 2 aromatic carbocycles. The van der Waals surface area contributed by atoms with E-state index in [1.54, 1.807) is 39.8 Å². The van der Waals surface area contributed by atoms with Crippen molar-refractivity contribution < 1.29 is 17.2 Å². The van der Waals surface area contributed by atoms with Crippen molar-refractivity contribution in [3.63, 3.8) is 0 Å². The number of halogens is 2. The molecule has 5 aromatic rings. The molecule has 0 unspecified atom stereocenters. The Hall–Kier alpha value is -3.85. The third kappa shape index (κ3) is 4.34. The second kappa shape index (κ2) is 8.18. The molecule has 0 atom stereocenters. The highest BCUT2D eigenvalue weighted by Gasteiger charge is 2.15. The van der Waals surface area contributed by atoms with E-state index in [1.807, 2.05) is 31.6 Å². The Kier molecular flexibility index (Phi) is 5.28. The zero-order valence-electron chi connectivity index (χ0n) is 18.4. The number of sulfone groups is 1. The maximum absolute atomic E-state index is 14.6. The molecule has 0 aliphatic rings. The minimum atomic E-state index is -3.34. The number of fused-ring (bicyclic) bond motifs is 1. The average Bonchev–Trinajstić information content (AvgIpc) is 3.38. The summed E-state index contributed by atoms with van der Waals surface area (Å²) in [6.45, 7) is 0. The van der Waals surface area contributed by atoms with Crippen LogP contribution in [0.25, 0.3) is 38.9 Å². The molecule has 0 amide bonds. The van der Waals surface area contributed by atoms with Gasteiger partial charge >= 0.3 is 0 Å². The zero-order chi connectivity index (χ0) is 24.0. The molecule has 9 heteroatoms. The molecule has 0 spiro atoms. The van der Waals surface area contributed by atoms with Gasteiger partial charge in [0.25, 0.3) is 0 Å². The number of aryl methyl sites for hydroxylation is 1. The van der Waals surface area contributed by atoms with Crippen LogP contribution >= 0.6 is 0 Å². The lowest BCUT2D eigenvalue weighted by Gasteiger charge is -2.11. The van der Waals surface area contributed by atoms with Crippen molar-refractivity contribution in [1.82, 2.24) is 19.4 Å². The van der Waals surface area contributed by atoms with Crippen LogP contribution in [0.5, 0.6) is 0 Å². The van der Waals surface area contributed by atoms with Crippen molar-refractivity contribution >= 4 is 15.4 Å². The van der Waals surface area contributed by atoms with Gasteiger partial charge in [-0.2, -0.15) is 10.2 Å². The van der Waals surface area contributed by atoms with E-state index in [0.717, 1.165) is 34.5 Å². The van der Waals surface area contributed by atoms with Crippen LogP contribution in [0.3, 0.4) is 0 Å². The van der Waals surface area contributed by atoms with E-state index in [0.29, 0.717) is 16.7 Å². The van der Waals surface area contributed by atoms with Crippen LogP contribution in [0.1, 0.15) is 5.56 Å². The maximum Gasteiger partial charge on any atom is 0.151 e. The first kappa shape index (κ1) is 22.0. The lowest BCUT2D eigenvalue weighted by atomic mass is 9.96. The number of hydrogen-bond donors (Lipinski definition) is 0. The summed E-state index contributed by atoms with van der Waals surface area (Å²) < 4.78 is 55.5. The maximum atomic E-state index is 14.6. The van der Waals surface area contributed by atoms with Crippen LogP contribution in [0, 0.1) is 11.6 Å². The van der Waals surface area contributed by atoms with Crippen molar-refractivity contribution in [3.05, 3.63) is 90.5 Å². The van der Waals surface area contributed by atoms with Gasteiger partial charge in [0, 0.05) is 54.0 Å². The molecule has 0 saturated carbocycles. The Morgan fingerprint density at radius 1 is 0.824 bits per heavy atom. The summed E-state index contributed by atoms with van der Waals surface area (Å²) in [5, 5.41) is 8.67. The minimum Gasteiger partial charge on any atom is -0.275 e. The number of nitrogens with zero attached hydrogens (tertiary/aromatic N) is 4. The topological polar surface area (TPSA) is 69.3 Å². The van der Waals surface area contributed by atoms with Gasteiger partial charge in [-0.3, -0.25) is 4.68 Å². The summed E-state index contributed by atoms with van der Waals surface area (Å²) in [6.07, 6.45) is 8.39. The molecular formula is C25H20F2N4O2S. The zero-order valence-corrected chi connectivity index (χ0v) is 19.2. The summed E-state index contributed by atoms with van der Waals surface area (Å²) in [5.41, 5.74) is 5.29. The number of aromatic nitrogens is 4. The fraction of sp³-hybridized carbons (Fsp3) is 0.120. The lowest BCUT2D eigenvalue weighted by Crippen LogP contribution is -2.01. The van der Waals surface area contributed by atoms with Crippen LogP contribution in [-0.4, -0.2) is 34.1 Å². The van der Waals surface area contributed by atoms with Gasteiger partial charge in [-0.1, -0.05) is 6.07 Å². The van der Waals surface area contributed by atoms with Crippen molar-refractivity contribution in [1.29, 1.82) is 0 Å². The van der Waals surface area contributed by atoms with E-state index >= 15 is 0 Å². The Morgan fingerprint density at radius 3 is 2.26 bits per heavy atom. The molecule has 0 N–H and O–H groups in total. The molecule has 172 valence electrons. The summed E-state index contributed by atoms with van der Waals surface area (Å²) in [5.74, 6) is -1.61. The second-order valence-corrected chi connectivity index (χ2v) is 10.5. The largest absolute Gasteiger partial charge is 0.275 e.